The zero-order valence-corrected chi connectivity index (χ0v) is 10.3. The highest BCUT2D eigenvalue weighted by atomic mass is 32.1. The fraction of sp³-hybridized carbons (Fsp3) is 0.455. The molecule has 6 heteroatoms. The predicted octanol–water partition coefficient (Wildman–Crippen LogP) is 2.51. The molecule has 0 aliphatic rings. The van der Waals surface area contributed by atoms with E-state index in [2.05, 4.69) is 10.6 Å². The molecule has 1 aromatic heterocycles. The van der Waals surface area contributed by atoms with Crippen LogP contribution in [0.25, 0.3) is 0 Å². The van der Waals surface area contributed by atoms with Crippen LogP contribution in [0.15, 0.2) is 17.5 Å². The molecule has 0 atom stereocenters. The monoisotopic (exact) mass is 256 g/mol. The summed E-state index contributed by atoms with van der Waals surface area (Å²) in [6.07, 6.45) is 2.46. The fourth-order valence-corrected chi connectivity index (χ4v) is 1.90. The molecule has 1 rings (SSSR count). The molecule has 0 bridgehead atoms. The number of hydrogen-bond donors (Lipinski definition) is 3. The molecule has 17 heavy (non-hydrogen) atoms. The summed E-state index contributed by atoms with van der Waals surface area (Å²) in [5.74, 6) is -0.770. The molecule has 0 spiro atoms. The van der Waals surface area contributed by atoms with Gasteiger partial charge in [-0.3, -0.25) is 10.1 Å². The number of thiophene rings is 1. The summed E-state index contributed by atoms with van der Waals surface area (Å²) >= 11 is 1.46. The Morgan fingerprint density at radius 2 is 2.12 bits per heavy atom. The number of carboxylic acids is 1. The number of urea groups is 1. The highest BCUT2D eigenvalue weighted by Crippen LogP contribution is 2.14. The molecule has 0 aromatic carbocycles. The Kier molecular flexibility index (Phi) is 6.09. The van der Waals surface area contributed by atoms with Gasteiger partial charge in [0.05, 0.1) is 5.00 Å². The van der Waals surface area contributed by atoms with Crippen LogP contribution < -0.4 is 10.6 Å². The van der Waals surface area contributed by atoms with Crippen molar-refractivity contribution in [2.45, 2.75) is 25.7 Å². The van der Waals surface area contributed by atoms with Gasteiger partial charge in [-0.25, -0.2) is 4.79 Å². The van der Waals surface area contributed by atoms with Gasteiger partial charge in [-0.05, 0) is 30.4 Å². The molecule has 0 saturated carbocycles. The summed E-state index contributed by atoms with van der Waals surface area (Å²) in [5.41, 5.74) is 0. The number of carbonyl (C=O) groups excluding carboxylic acids is 1. The standard InChI is InChI=1S/C11H16N2O3S/c14-10(15)6-2-1-3-7-12-11(16)13-9-5-4-8-17-9/h4-5,8H,1-3,6-7H2,(H,14,15)(H2,12,13,16). The third kappa shape index (κ3) is 6.57. The average Bonchev–Trinajstić information content (AvgIpc) is 2.75. The minimum Gasteiger partial charge on any atom is -0.481 e. The Bertz CT molecular complexity index is 352. The Balaban J connectivity index is 1.99. The number of anilines is 1. The second-order valence-corrected chi connectivity index (χ2v) is 4.51. The first kappa shape index (κ1) is 13.5. The van der Waals surface area contributed by atoms with E-state index in [4.69, 9.17) is 5.11 Å². The molecule has 0 radical (unpaired) electrons. The van der Waals surface area contributed by atoms with Crippen molar-refractivity contribution >= 4 is 28.3 Å². The SMILES string of the molecule is O=C(O)CCCCCNC(=O)Nc1cccs1. The quantitative estimate of drug-likeness (QED) is 0.656. The van der Waals surface area contributed by atoms with Crippen LogP contribution in [0.4, 0.5) is 9.80 Å². The predicted molar refractivity (Wildman–Crippen MR) is 67.4 cm³/mol. The first-order valence-electron chi connectivity index (χ1n) is 5.48. The number of carboxylic acid groups (broad SMARTS) is 1. The van der Waals surface area contributed by atoms with Crippen molar-refractivity contribution in [2.24, 2.45) is 0 Å². The summed E-state index contributed by atoms with van der Waals surface area (Å²) in [4.78, 5) is 21.6. The zero-order chi connectivity index (χ0) is 12.5. The lowest BCUT2D eigenvalue weighted by Crippen LogP contribution is -2.29. The fourth-order valence-electron chi connectivity index (χ4n) is 1.29. The molecule has 3 N–H and O–H groups in total. The number of aliphatic carboxylic acids is 1. The van der Waals surface area contributed by atoms with Crippen molar-refractivity contribution in [3.8, 4) is 0 Å². The Morgan fingerprint density at radius 1 is 1.29 bits per heavy atom. The molecule has 1 heterocycles. The molecular formula is C11H16N2O3S. The van der Waals surface area contributed by atoms with Gasteiger partial charge in [0.2, 0.25) is 0 Å². The number of amides is 2. The van der Waals surface area contributed by atoms with Gasteiger partial charge in [0, 0.05) is 13.0 Å². The van der Waals surface area contributed by atoms with Gasteiger partial charge in [0.15, 0.2) is 0 Å². The lowest BCUT2D eigenvalue weighted by atomic mass is 10.2. The van der Waals surface area contributed by atoms with E-state index in [1.54, 1.807) is 0 Å². The molecule has 0 aliphatic heterocycles. The smallest absolute Gasteiger partial charge is 0.319 e. The molecule has 5 nitrogen and oxygen atoms in total. The number of unbranched alkanes of at least 4 members (excludes halogenated alkanes) is 2. The highest BCUT2D eigenvalue weighted by Gasteiger charge is 2.01. The first-order valence-corrected chi connectivity index (χ1v) is 6.36. The van der Waals surface area contributed by atoms with Crippen molar-refractivity contribution in [1.29, 1.82) is 0 Å². The Morgan fingerprint density at radius 3 is 2.76 bits per heavy atom. The van der Waals surface area contributed by atoms with Crippen molar-refractivity contribution in [2.75, 3.05) is 11.9 Å². The Hall–Kier alpha value is -1.56. The third-order valence-corrected chi connectivity index (χ3v) is 2.90. The summed E-state index contributed by atoms with van der Waals surface area (Å²) in [6.45, 7) is 0.566. The number of carbonyl (C=O) groups is 2. The first-order chi connectivity index (χ1) is 8.18. The number of hydrogen-bond acceptors (Lipinski definition) is 3. The molecule has 0 unspecified atom stereocenters. The summed E-state index contributed by atoms with van der Waals surface area (Å²) < 4.78 is 0. The van der Waals surface area contributed by atoms with Crippen LogP contribution in [0.3, 0.4) is 0 Å². The van der Waals surface area contributed by atoms with Gasteiger partial charge in [-0.1, -0.05) is 6.42 Å². The highest BCUT2D eigenvalue weighted by molar-refractivity contribution is 7.14. The van der Waals surface area contributed by atoms with E-state index in [0.717, 1.165) is 17.8 Å². The molecule has 94 valence electrons. The number of nitrogens with one attached hydrogen (secondary N) is 2. The maximum absolute atomic E-state index is 11.3. The maximum atomic E-state index is 11.3. The van der Waals surface area contributed by atoms with Crippen LogP contribution >= 0.6 is 11.3 Å². The maximum Gasteiger partial charge on any atom is 0.319 e. The molecule has 0 saturated heterocycles. The summed E-state index contributed by atoms with van der Waals surface area (Å²) in [5, 5.41) is 16.6. The van der Waals surface area contributed by atoms with E-state index in [1.807, 2.05) is 17.5 Å². The van der Waals surface area contributed by atoms with E-state index in [9.17, 15) is 9.59 Å². The number of rotatable bonds is 7. The van der Waals surface area contributed by atoms with E-state index in [0.29, 0.717) is 13.0 Å². The van der Waals surface area contributed by atoms with Gasteiger partial charge in [0.25, 0.3) is 0 Å². The van der Waals surface area contributed by atoms with E-state index in [-0.39, 0.29) is 12.5 Å². The lowest BCUT2D eigenvalue weighted by Gasteiger charge is -2.05. The second kappa shape index (κ2) is 7.67. The Labute approximate surface area is 104 Å². The third-order valence-electron chi connectivity index (χ3n) is 2.11. The van der Waals surface area contributed by atoms with Crippen molar-refractivity contribution in [3.63, 3.8) is 0 Å². The minimum atomic E-state index is -0.770. The van der Waals surface area contributed by atoms with Gasteiger partial charge in [0.1, 0.15) is 0 Å². The van der Waals surface area contributed by atoms with Crippen LogP contribution in [-0.4, -0.2) is 23.7 Å². The van der Waals surface area contributed by atoms with Crippen LogP contribution in [0.1, 0.15) is 25.7 Å². The molecule has 0 fully saturated rings. The van der Waals surface area contributed by atoms with Crippen LogP contribution in [0.2, 0.25) is 0 Å². The minimum absolute atomic E-state index is 0.196. The lowest BCUT2D eigenvalue weighted by molar-refractivity contribution is -0.137. The van der Waals surface area contributed by atoms with Crippen molar-refractivity contribution in [1.82, 2.24) is 5.32 Å². The zero-order valence-electron chi connectivity index (χ0n) is 9.44. The topological polar surface area (TPSA) is 78.4 Å². The van der Waals surface area contributed by atoms with E-state index < -0.39 is 5.97 Å². The van der Waals surface area contributed by atoms with Crippen LogP contribution in [0, 0.1) is 0 Å². The van der Waals surface area contributed by atoms with Gasteiger partial charge in [-0.15, -0.1) is 11.3 Å². The molecular weight excluding hydrogens is 240 g/mol. The van der Waals surface area contributed by atoms with Crippen molar-refractivity contribution in [3.05, 3.63) is 17.5 Å². The molecule has 0 aliphatic carbocycles. The van der Waals surface area contributed by atoms with Gasteiger partial charge >= 0.3 is 12.0 Å². The summed E-state index contributed by atoms with van der Waals surface area (Å²) in [6, 6.07) is 3.48. The second-order valence-electron chi connectivity index (χ2n) is 3.56. The molecule has 2 amide bonds. The van der Waals surface area contributed by atoms with E-state index in [1.165, 1.54) is 11.3 Å². The van der Waals surface area contributed by atoms with Crippen LogP contribution in [0.5, 0.6) is 0 Å². The normalized spacial score (nSPS) is 9.88. The van der Waals surface area contributed by atoms with Gasteiger partial charge in [-0.2, -0.15) is 0 Å². The van der Waals surface area contributed by atoms with Crippen LogP contribution in [-0.2, 0) is 4.79 Å². The average molecular weight is 256 g/mol. The molecule has 1 aromatic rings. The summed E-state index contributed by atoms with van der Waals surface area (Å²) in [7, 11) is 0. The van der Waals surface area contributed by atoms with Gasteiger partial charge < -0.3 is 10.4 Å². The van der Waals surface area contributed by atoms with Crippen molar-refractivity contribution < 1.29 is 14.7 Å². The van der Waals surface area contributed by atoms with E-state index >= 15 is 0 Å². The largest absolute Gasteiger partial charge is 0.481 e.